The van der Waals surface area contributed by atoms with Gasteiger partial charge in [0.05, 0.1) is 25.4 Å². The maximum Gasteiger partial charge on any atom is 0.315 e. The molecule has 1 aromatic heterocycles. The lowest BCUT2D eigenvalue weighted by atomic mass is 10.0. The standard InChI is InChI=1S/C32H37N5O7/c1-21-5-4-9-33-29(21)31(39)37-12-8-27-28(19-37)43-20-22-6-3-7-24(15-22)44-26-17-23(16-25(18-26)42-14-13-41-2)30(38)34-10-11-35-32(40)36-27/h3-7,9,15-18,27-28H,8,10-14,19-20H2,1-2H3,(H,34,38)(H2,35,36,40)/t27-,28-/m0/s1. The Kier molecular flexibility index (Phi) is 10.3. The van der Waals surface area contributed by atoms with Crippen LogP contribution >= 0.6 is 0 Å². The number of likely N-dealkylation sites (tertiary alicyclic amines) is 1. The van der Waals surface area contributed by atoms with E-state index < -0.39 is 6.10 Å². The lowest BCUT2D eigenvalue weighted by Gasteiger charge is -2.38. The molecule has 3 aromatic rings. The summed E-state index contributed by atoms with van der Waals surface area (Å²) in [5.74, 6) is 0.922. The highest BCUT2D eigenvalue weighted by atomic mass is 16.5. The van der Waals surface area contributed by atoms with Gasteiger partial charge in [0.2, 0.25) is 0 Å². The molecule has 0 spiro atoms. The third kappa shape index (κ3) is 8.03. The summed E-state index contributed by atoms with van der Waals surface area (Å²) in [7, 11) is 1.58. The molecule has 2 aliphatic heterocycles. The summed E-state index contributed by atoms with van der Waals surface area (Å²) in [5, 5.41) is 8.61. The highest BCUT2D eigenvalue weighted by Crippen LogP contribution is 2.29. The van der Waals surface area contributed by atoms with E-state index in [1.807, 2.05) is 37.3 Å². The minimum Gasteiger partial charge on any atom is -0.491 e. The van der Waals surface area contributed by atoms with E-state index in [0.717, 1.165) is 11.1 Å². The molecule has 1 saturated heterocycles. The zero-order chi connectivity index (χ0) is 30.9. The second-order valence-corrected chi connectivity index (χ2v) is 10.6. The number of carbonyl (C=O) groups is 3. The average molecular weight is 604 g/mol. The van der Waals surface area contributed by atoms with Crippen molar-refractivity contribution < 1.29 is 33.3 Å². The number of rotatable bonds is 5. The van der Waals surface area contributed by atoms with Crippen LogP contribution < -0.4 is 25.4 Å². The number of hydrogen-bond donors (Lipinski definition) is 3. The predicted molar refractivity (Wildman–Crippen MR) is 161 cm³/mol. The molecule has 3 heterocycles. The lowest BCUT2D eigenvalue weighted by molar-refractivity contribution is -0.0237. The maximum absolute atomic E-state index is 13.3. The Bertz CT molecular complexity index is 1480. The number of piperidine rings is 1. The summed E-state index contributed by atoms with van der Waals surface area (Å²) >= 11 is 0. The van der Waals surface area contributed by atoms with Crippen LogP contribution in [-0.2, 0) is 16.1 Å². The van der Waals surface area contributed by atoms with Gasteiger partial charge in [-0.2, -0.15) is 0 Å². The lowest BCUT2D eigenvalue weighted by Crippen LogP contribution is -2.58. The monoisotopic (exact) mass is 603 g/mol. The molecule has 4 bridgehead atoms. The van der Waals surface area contributed by atoms with Crippen LogP contribution in [0.25, 0.3) is 0 Å². The van der Waals surface area contributed by atoms with E-state index in [0.29, 0.717) is 54.7 Å². The summed E-state index contributed by atoms with van der Waals surface area (Å²) < 4.78 is 23.3. The van der Waals surface area contributed by atoms with Gasteiger partial charge in [0.1, 0.15) is 29.5 Å². The topological polar surface area (TPSA) is 140 Å². The maximum atomic E-state index is 13.3. The fraction of sp³-hybridized carbons (Fsp3) is 0.375. The van der Waals surface area contributed by atoms with Crippen LogP contribution in [0, 0.1) is 6.92 Å². The largest absolute Gasteiger partial charge is 0.491 e. The summed E-state index contributed by atoms with van der Waals surface area (Å²) in [6.45, 7) is 3.90. The van der Waals surface area contributed by atoms with Crippen LogP contribution in [0.4, 0.5) is 4.79 Å². The van der Waals surface area contributed by atoms with Crippen molar-refractivity contribution in [3.63, 3.8) is 0 Å². The third-order valence-corrected chi connectivity index (χ3v) is 7.37. The molecule has 12 nitrogen and oxygen atoms in total. The van der Waals surface area contributed by atoms with E-state index in [4.69, 9.17) is 18.9 Å². The second kappa shape index (κ2) is 14.7. The van der Waals surface area contributed by atoms with E-state index in [9.17, 15) is 14.4 Å². The number of urea groups is 1. The minimum atomic E-state index is -0.478. The van der Waals surface area contributed by atoms with Crippen LogP contribution in [0.15, 0.2) is 60.8 Å². The smallest absolute Gasteiger partial charge is 0.315 e. The number of nitrogens with one attached hydrogen (secondary N) is 3. The first-order valence-corrected chi connectivity index (χ1v) is 14.6. The Balaban J connectivity index is 1.37. The molecule has 5 rings (SSSR count). The number of hydrogen-bond acceptors (Lipinski definition) is 8. The van der Waals surface area contributed by atoms with Crippen LogP contribution in [0.1, 0.15) is 38.4 Å². The molecule has 12 heteroatoms. The number of aryl methyl sites for hydroxylation is 1. The van der Waals surface area contributed by atoms with E-state index >= 15 is 0 Å². The molecule has 0 aliphatic carbocycles. The van der Waals surface area contributed by atoms with Crippen molar-refractivity contribution in [3.05, 3.63) is 83.2 Å². The third-order valence-electron chi connectivity index (χ3n) is 7.37. The SMILES string of the molecule is COCCOc1cc2cc(c1)C(=O)NCCNC(=O)N[C@H]1CCN(C(=O)c3ncccc3C)C[C@@H]1OCc1cccc(c1)O2. The van der Waals surface area contributed by atoms with E-state index in [1.54, 1.807) is 42.5 Å². The second-order valence-electron chi connectivity index (χ2n) is 10.6. The summed E-state index contributed by atoms with van der Waals surface area (Å²) in [6.07, 6.45) is 1.63. The van der Waals surface area contributed by atoms with Gasteiger partial charge in [-0.1, -0.05) is 18.2 Å². The van der Waals surface area contributed by atoms with E-state index in [2.05, 4.69) is 20.9 Å². The van der Waals surface area contributed by atoms with E-state index in [1.165, 1.54) is 0 Å². The summed E-state index contributed by atoms with van der Waals surface area (Å²) in [5.41, 5.74) is 2.39. The first kappa shape index (κ1) is 30.8. The van der Waals surface area contributed by atoms with Gasteiger partial charge >= 0.3 is 6.03 Å². The molecule has 0 saturated carbocycles. The highest BCUT2D eigenvalue weighted by molar-refractivity contribution is 5.95. The first-order chi connectivity index (χ1) is 21.4. The Morgan fingerprint density at radius 3 is 2.75 bits per heavy atom. The number of aromatic nitrogens is 1. The van der Waals surface area contributed by atoms with Gasteiger partial charge in [-0.3, -0.25) is 14.6 Å². The van der Waals surface area contributed by atoms with Gasteiger partial charge in [-0.25, -0.2) is 4.79 Å². The van der Waals surface area contributed by atoms with Crippen molar-refractivity contribution in [1.82, 2.24) is 25.8 Å². The molecule has 1 fully saturated rings. The van der Waals surface area contributed by atoms with Crippen molar-refractivity contribution in [2.24, 2.45) is 0 Å². The molecule has 4 amide bonds. The van der Waals surface area contributed by atoms with Crippen molar-refractivity contribution in [1.29, 1.82) is 0 Å². The normalized spacial score (nSPS) is 19.2. The van der Waals surface area contributed by atoms with Crippen LogP contribution in [-0.4, -0.2) is 86.4 Å². The molecule has 2 aliphatic rings. The van der Waals surface area contributed by atoms with Gasteiger partial charge in [0.25, 0.3) is 11.8 Å². The molecule has 0 radical (unpaired) electrons. The van der Waals surface area contributed by atoms with Crippen molar-refractivity contribution >= 4 is 17.8 Å². The quantitative estimate of drug-likeness (QED) is 0.378. The zero-order valence-electron chi connectivity index (χ0n) is 24.8. The van der Waals surface area contributed by atoms with Crippen LogP contribution in [0.3, 0.4) is 0 Å². The first-order valence-electron chi connectivity index (χ1n) is 14.6. The number of nitrogens with zero attached hydrogens (tertiary/aromatic N) is 2. The summed E-state index contributed by atoms with van der Waals surface area (Å²) in [4.78, 5) is 45.1. The van der Waals surface area contributed by atoms with Gasteiger partial charge in [-0.05, 0) is 54.8 Å². The summed E-state index contributed by atoms with van der Waals surface area (Å²) in [6, 6.07) is 15.3. The number of pyridine rings is 1. The molecular formula is C32H37N5O7. The number of benzene rings is 2. The molecule has 232 valence electrons. The number of ether oxygens (including phenoxy) is 4. The van der Waals surface area contributed by atoms with Gasteiger partial charge < -0.3 is 39.8 Å². The average Bonchev–Trinajstić information content (AvgIpc) is 3.02. The molecule has 0 unspecified atom stereocenters. The molecule has 2 aromatic carbocycles. The van der Waals surface area contributed by atoms with E-state index in [-0.39, 0.29) is 50.1 Å². The Morgan fingerprint density at radius 2 is 1.91 bits per heavy atom. The van der Waals surface area contributed by atoms with Gasteiger partial charge in [-0.15, -0.1) is 0 Å². The number of carbonyl (C=O) groups excluding carboxylic acids is 3. The Hall–Kier alpha value is -4.68. The fourth-order valence-electron chi connectivity index (χ4n) is 5.09. The van der Waals surface area contributed by atoms with Gasteiger partial charge in [0, 0.05) is 51.1 Å². The predicted octanol–water partition coefficient (Wildman–Crippen LogP) is 3.05. The molecule has 2 atom stereocenters. The van der Waals surface area contributed by atoms with Gasteiger partial charge in [0.15, 0.2) is 0 Å². The molecular weight excluding hydrogens is 566 g/mol. The Morgan fingerprint density at radius 1 is 1.05 bits per heavy atom. The zero-order valence-corrected chi connectivity index (χ0v) is 24.8. The molecule has 3 N–H and O–H groups in total. The van der Waals surface area contributed by atoms with Crippen molar-refractivity contribution in [3.8, 4) is 17.2 Å². The number of fused-ring (bicyclic) bond motifs is 5. The number of amides is 4. The van der Waals surface area contributed by atoms with Crippen LogP contribution in [0.5, 0.6) is 17.2 Å². The van der Waals surface area contributed by atoms with Crippen molar-refractivity contribution in [2.75, 3.05) is 46.5 Å². The molecule has 44 heavy (non-hydrogen) atoms. The minimum absolute atomic E-state index is 0.173. The highest BCUT2D eigenvalue weighted by Gasteiger charge is 2.34. The van der Waals surface area contributed by atoms with Crippen molar-refractivity contribution in [2.45, 2.75) is 32.1 Å². The Labute approximate surface area is 256 Å². The fourth-order valence-corrected chi connectivity index (χ4v) is 5.09. The van der Waals surface area contributed by atoms with Crippen LogP contribution in [0.2, 0.25) is 0 Å². The number of methoxy groups -OCH3 is 1.